The molecule has 1 fully saturated rings. The molecule has 0 atom stereocenters. The number of nitrogens with zero attached hydrogens (tertiary/aromatic N) is 3. The number of carbonyl (C=O) groups is 2. The number of piperazine rings is 1. The lowest BCUT2D eigenvalue weighted by molar-refractivity contribution is -0.139. The molecule has 2 aromatic carbocycles. The van der Waals surface area contributed by atoms with E-state index in [2.05, 4.69) is 10.3 Å². The molecule has 1 aliphatic rings. The van der Waals surface area contributed by atoms with Crippen LogP contribution in [0.25, 0.3) is 16.7 Å². The molecule has 9 heteroatoms. The second kappa shape index (κ2) is 10.3. The number of pyridine rings is 1. The third-order valence-corrected chi connectivity index (χ3v) is 6.34. The van der Waals surface area contributed by atoms with Gasteiger partial charge < -0.3 is 24.8 Å². The van der Waals surface area contributed by atoms with Gasteiger partial charge in [-0.05, 0) is 37.1 Å². The molecule has 5 rings (SSSR count). The average molecular weight is 501 g/mol. The Morgan fingerprint density at radius 3 is 2.41 bits per heavy atom. The number of fused-ring (bicyclic) bond motifs is 1. The Kier molecular flexibility index (Phi) is 6.78. The topological polar surface area (TPSA) is 106 Å². The fourth-order valence-corrected chi connectivity index (χ4v) is 4.55. The van der Waals surface area contributed by atoms with Gasteiger partial charge in [-0.15, -0.1) is 0 Å². The first kappa shape index (κ1) is 24.3. The largest absolute Gasteiger partial charge is 0.480 e. The summed E-state index contributed by atoms with van der Waals surface area (Å²) in [4.78, 5) is 31.5. The van der Waals surface area contributed by atoms with Gasteiger partial charge in [-0.1, -0.05) is 36.4 Å². The van der Waals surface area contributed by atoms with Gasteiger partial charge in [0.05, 0.1) is 11.7 Å². The van der Waals surface area contributed by atoms with Crippen LogP contribution in [0.1, 0.15) is 21.5 Å². The number of carboxylic acid groups (broad SMARTS) is 1. The Hall–Kier alpha value is -4.37. The van der Waals surface area contributed by atoms with Gasteiger partial charge in [0.2, 0.25) is 5.88 Å². The van der Waals surface area contributed by atoms with Gasteiger partial charge in [0, 0.05) is 37.9 Å². The van der Waals surface area contributed by atoms with Gasteiger partial charge in [0.15, 0.2) is 6.61 Å². The van der Waals surface area contributed by atoms with Gasteiger partial charge in [0.25, 0.3) is 5.91 Å². The van der Waals surface area contributed by atoms with Crippen LogP contribution >= 0.6 is 0 Å². The Labute approximate surface area is 214 Å². The van der Waals surface area contributed by atoms with Crippen LogP contribution in [-0.2, 0) is 4.79 Å². The molecule has 1 saturated heterocycles. The number of benzene rings is 2. The number of para-hydroxylation sites is 2. The SMILES string of the molecule is Cc1cccc(C)c1Oc1c(C(=O)N2CCNCC2)c2ncc(OCC(=O)O)cc2n1-c1ccccc1. The van der Waals surface area contributed by atoms with Crippen molar-refractivity contribution in [2.45, 2.75) is 13.8 Å². The highest BCUT2D eigenvalue weighted by molar-refractivity contribution is 6.09. The highest BCUT2D eigenvalue weighted by Gasteiger charge is 2.31. The first-order chi connectivity index (χ1) is 17.9. The van der Waals surface area contributed by atoms with Crippen molar-refractivity contribution in [3.63, 3.8) is 0 Å². The molecule has 0 unspecified atom stereocenters. The number of hydrogen-bond donors (Lipinski definition) is 2. The second-order valence-electron chi connectivity index (χ2n) is 8.94. The van der Waals surface area contributed by atoms with Gasteiger partial charge in [-0.3, -0.25) is 9.36 Å². The zero-order valence-electron chi connectivity index (χ0n) is 20.7. The fourth-order valence-electron chi connectivity index (χ4n) is 4.55. The molecule has 190 valence electrons. The number of aryl methyl sites for hydroxylation is 2. The Balaban J connectivity index is 1.77. The summed E-state index contributed by atoms with van der Waals surface area (Å²) in [6, 6.07) is 17.1. The zero-order chi connectivity index (χ0) is 25.9. The summed E-state index contributed by atoms with van der Waals surface area (Å²) in [7, 11) is 0. The number of nitrogens with one attached hydrogen (secondary N) is 1. The third-order valence-electron chi connectivity index (χ3n) is 6.34. The number of amides is 1. The van der Waals surface area contributed by atoms with E-state index in [4.69, 9.17) is 14.6 Å². The van der Waals surface area contributed by atoms with E-state index in [0.717, 1.165) is 16.8 Å². The summed E-state index contributed by atoms with van der Waals surface area (Å²) in [6.07, 6.45) is 1.44. The maximum absolute atomic E-state index is 14.0. The lowest BCUT2D eigenvalue weighted by Crippen LogP contribution is -2.46. The highest BCUT2D eigenvalue weighted by atomic mass is 16.5. The molecule has 4 aromatic rings. The number of hydrogen-bond acceptors (Lipinski definition) is 6. The molecule has 2 N–H and O–H groups in total. The monoisotopic (exact) mass is 500 g/mol. The van der Waals surface area contributed by atoms with Gasteiger partial charge in [-0.2, -0.15) is 0 Å². The van der Waals surface area contributed by atoms with E-state index in [1.165, 1.54) is 6.20 Å². The molecule has 1 amide bonds. The second-order valence-corrected chi connectivity index (χ2v) is 8.94. The Morgan fingerprint density at radius 2 is 1.73 bits per heavy atom. The number of aliphatic carboxylic acids is 1. The predicted molar refractivity (Wildman–Crippen MR) is 139 cm³/mol. The molecule has 2 aromatic heterocycles. The Morgan fingerprint density at radius 1 is 1.03 bits per heavy atom. The van der Waals surface area contributed by atoms with E-state index in [1.807, 2.05) is 66.9 Å². The quantitative estimate of drug-likeness (QED) is 0.396. The van der Waals surface area contributed by atoms with Crippen molar-refractivity contribution in [1.29, 1.82) is 0 Å². The number of aromatic nitrogens is 2. The third kappa shape index (κ3) is 4.85. The number of carbonyl (C=O) groups excluding carboxylic acids is 1. The van der Waals surface area contributed by atoms with Crippen molar-refractivity contribution < 1.29 is 24.2 Å². The minimum atomic E-state index is -1.09. The van der Waals surface area contributed by atoms with Crippen LogP contribution in [0.5, 0.6) is 17.4 Å². The van der Waals surface area contributed by atoms with E-state index >= 15 is 0 Å². The van der Waals surface area contributed by atoms with Gasteiger partial charge >= 0.3 is 5.97 Å². The van der Waals surface area contributed by atoms with Gasteiger partial charge in [0.1, 0.15) is 22.6 Å². The molecule has 3 heterocycles. The number of rotatable bonds is 7. The van der Waals surface area contributed by atoms with E-state index < -0.39 is 12.6 Å². The standard InChI is InChI=1S/C28H28N4O5/c1-18-7-6-8-19(2)26(18)37-28-24(27(35)31-13-11-29-12-14-31)25-22(32(28)20-9-4-3-5-10-20)15-21(16-30-25)36-17-23(33)34/h3-10,15-16,29H,11-14,17H2,1-2H3,(H,33,34). The summed E-state index contributed by atoms with van der Waals surface area (Å²) in [5.74, 6) is 0.0369. The summed E-state index contributed by atoms with van der Waals surface area (Å²) in [5.41, 5.74) is 4.02. The van der Waals surface area contributed by atoms with Crippen LogP contribution in [-0.4, -0.2) is 64.2 Å². The molecule has 0 radical (unpaired) electrons. The van der Waals surface area contributed by atoms with E-state index in [-0.39, 0.29) is 11.7 Å². The van der Waals surface area contributed by atoms with Crippen molar-refractivity contribution in [3.8, 4) is 23.1 Å². The van der Waals surface area contributed by atoms with E-state index in [9.17, 15) is 9.59 Å². The fraction of sp³-hybridized carbons (Fsp3) is 0.250. The molecular formula is C28H28N4O5. The number of carboxylic acids is 1. The van der Waals surface area contributed by atoms with Crippen LogP contribution in [0.4, 0.5) is 0 Å². The van der Waals surface area contributed by atoms with Crippen LogP contribution < -0.4 is 14.8 Å². The van der Waals surface area contributed by atoms with Crippen molar-refractivity contribution in [2.75, 3.05) is 32.8 Å². The van der Waals surface area contributed by atoms with Crippen molar-refractivity contribution >= 4 is 22.9 Å². The summed E-state index contributed by atoms with van der Waals surface area (Å²) >= 11 is 0. The van der Waals surface area contributed by atoms with E-state index in [0.29, 0.717) is 54.4 Å². The van der Waals surface area contributed by atoms with Crippen LogP contribution in [0, 0.1) is 13.8 Å². The number of ether oxygens (including phenoxy) is 2. The molecule has 0 saturated carbocycles. The first-order valence-corrected chi connectivity index (χ1v) is 12.1. The smallest absolute Gasteiger partial charge is 0.341 e. The summed E-state index contributed by atoms with van der Waals surface area (Å²) in [6.45, 7) is 5.97. The van der Waals surface area contributed by atoms with Gasteiger partial charge in [-0.25, -0.2) is 9.78 Å². The van der Waals surface area contributed by atoms with E-state index in [1.54, 1.807) is 11.0 Å². The highest BCUT2D eigenvalue weighted by Crippen LogP contribution is 2.40. The minimum Gasteiger partial charge on any atom is -0.480 e. The molecule has 1 aliphatic heterocycles. The first-order valence-electron chi connectivity index (χ1n) is 12.1. The average Bonchev–Trinajstić information content (AvgIpc) is 3.23. The maximum atomic E-state index is 14.0. The molecular weight excluding hydrogens is 472 g/mol. The Bertz CT molecular complexity index is 1440. The molecule has 0 aliphatic carbocycles. The van der Waals surface area contributed by atoms with Crippen LogP contribution in [0.3, 0.4) is 0 Å². The van der Waals surface area contributed by atoms with Crippen LogP contribution in [0.2, 0.25) is 0 Å². The summed E-state index contributed by atoms with van der Waals surface area (Å²) < 4.78 is 13.9. The van der Waals surface area contributed by atoms with Crippen molar-refractivity contribution in [2.24, 2.45) is 0 Å². The minimum absolute atomic E-state index is 0.172. The normalized spacial score (nSPS) is 13.5. The molecule has 9 nitrogen and oxygen atoms in total. The van der Waals surface area contributed by atoms with Crippen molar-refractivity contribution in [3.05, 3.63) is 77.5 Å². The maximum Gasteiger partial charge on any atom is 0.341 e. The molecule has 0 spiro atoms. The predicted octanol–water partition coefficient (Wildman–Crippen LogP) is 3.94. The molecule has 0 bridgehead atoms. The summed E-state index contributed by atoms with van der Waals surface area (Å²) in [5, 5.41) is 12.4. The lowest BCUT2D eigenvalue weighted by atomic mass is 10.1. The zero-order valence-corrected chi connectivity index (χ0v) is 20.7. The molecule has 37 heavy (non-hydrogen) atoms. The van der Waals surface area contributed by atoms with Crippen molar-refractivity contribution in [1.82, 2.24) is 19.8 Å². The lowest BCUT2D eigenvalue weighted by Gasteiger charge is -2.27. The van der Waals surface area contributed by atoms with Crippen LogP contribution in [0.15, 0.2) is 60.8 Å².